The third-order valence-corrected chi connectivity index (χ3v) is 8.59. The summed E-state index contributed by atoms with van der Waals surface area (Å²) in [6, 6.07) is 1.94. The molecule has 40 heavy (non-hydrogen) atoms. The number of carbonyl (C=O) groups is 1. The van der Waals surface area contributed by atoms with Gasteiger partial charge in [-0.15, -0.1) is 5.10 Å². The zero-order valence-electron chi connectivity index (χ0n) is 22.6. The average molecular weight is 562 g/mol. The number of hydrogen-bond donors (Lipinski definition) is 2. The van der Waals surface area contributed by atoms with E-state index in [1.165, 1.54) is 4.90 Å². The minimum absolute atomic E-state index is 0.0174. The minimum Gasteiger partial charge on any atom is -0.393 e. The highest BCUT2D eigenvalue weighted by Gasteiger charge is 2.70. The number of nitrogens with one attached hydrogen (secondary N) is 1. The fourth-order valence-corrected chi connectivity index (χ4v) is 6.00. The number of hydrogen-bond acceptors (Lipinski definition) is 7. The van der Waals surface area contributed by atoms with Gasteiger partial charge in [0.25, 0.3) is 0 Å². The van der Waals surface area contributed by atoms with Crippen LogP contribution < -0.4 is 5.32 Å². The van der Waals surface area contributed by atoms with Gasteiger partial charge in [-0.1, -0.05) is 0 Å². The largest absolute Gasteiger partial charge is 0.403 e. The third-order valence-electron chi connectivity index (χ3n) is 8.59. The highest BCUT2D eigenvalue weighted by atomic mass is 19.4. The highest BCUT2D eigenvalue weighted by molar-refractivity contribution is 5.87. The van der Waals surface area contributed by atoms with Gasteiger partial charge in [0, 0.05) is 55.2 Å². The van der Waals surface area contributed by atoms with Crippen LogP contribution in [-0.2, 0) is 9.53 Å². The second-order valence-corrected chi connectivity index (χ2v) is 11.5. The number of methoxy groups -OCH3 is 1. The summed E-state index contributed by atoms with van der Waals surface area (Å²) < 4.78 is 49.0. The van der Waals surface area contributed by atoms with E-state index >= 15 is 0 Å². The number of aliphatic hydroxyl groups is 1. The topological polar surface area (TPSA) is 110 Å². The number of fused-ring (bicyclic) bond motifs is 1. The van der Waals surface area contributed by atoms with E-state index < -0.39 is 17.5 Å². The van der Waals surface area contributed by atoms with Gasteiger partial charge in [-0.25, -0.2) is 9.50 Å². The monoisotopic (exact) mass is 561 g/mol. The van der Waals surface area contributed by atoms with Crippen molar-refractivity contribution in [1.82, 2.24) is 29.3 Å². The molecule has 0 bridgehead atoms. The lowest BCUT2D eigenvalue weighted by Gasteiger charge is -2.41. The molecule has 3 aliphatic rings. The molecule has 0 spiro atoms. The maximum Gasteiger partial charge on any atom is 0.403 e. The quantitative estimate of drug-likeness (QED) is 0.431. The van der Waals surface area contributed by atoms with E-state index in [-0.39, 0.29) is 50.0 Å². The first-order valence-corrected chi connectivity index (χ1v) is 13.8. The number of amides is 1. The van der Waals surface area contributed by atoms with Crippen LogP contribution >= 0.6 is 0 Å². The number of nitrogens with zero attached hydrogens (tertiary/aromatic N) is 6. The Labute approximate surface area is 229 Å². The number of halogens is 3. The van der Waals surface area contributed by atoms with Crippen LogP contribution in [0.15, 0.2) is 24.7 Å². The van der Waals surface area contributed by atoms with Gasteiger partial charge in [0.15, 0.2) is 0 Å². The van der Waals surface area contributed by atoms with Gasteiger partial charge < -0.3 is 20.1 Å². The van der Waals surface area contributed by atoms with Crippen molar-refractivity contribution < 1.29 is 27.8 Å². The molecule has 0 unspecified atom stereocenters. The number of aromatic nitrogens is 5. The molecule has 216 valence electrons. The van der Waals surface area contributed by atoms with Crippen LogP contribution in [0, 0.1) is 5.41 Å². The average Bonchev–Trinajstić information content (AvgIpc) is 3.45. The maximum absolute atomic E-state index is 13.4. The lowest BCUT2D eigenvalue weighted by molar-refractivity contribution is -0.201. The smallest absolute Gasteiger partial charge is 0.393 e. The summed E-state index contributed by atoms with van der Waals surface area (Å²) in [6.45, 7) is 2.91. The number of ether oxygens (including phenoxy) is 1. The molecule has 2 saturated carbocycles. The fourth-order valence-electron chi connectivity index (χ4n) is 6.00. The van der Waals surface area contributed by atoms with Gasteiger partial charge in [0.2, 0.25) is 11.9 Å². The van der Waals surface area contributed by atoms with Gasteiger partial charge in [-0.3, -0.25) is 9.48 Å². The molecule has 3 aromatic rings. The van der Waals surface area contributed by atoms with Crippen LogP contribution in [0.5, 0.6) is 0 Å². The predicted octanol–water partition coefficient (Wildman–Crippen LogP) is 3.78. The summed E-state index contributed by atoms with van der Waals surface area (Å²) in [7, 11) is 1.64. The van der Waals surface area contributed by atoms with Crippen molar-refractivity contribution in [3.05, 3.63) is 30.4 Å². The van der Waals surface area contributed by atoms with Crippen LogP contribution in [-0.4, -0.2) is 85.4 Å². The number of likely N-dealkylation sites (tertiary alicyclic amines) is 1. The molecule has 1 atom stereocenters. The van der Waals surface area contributed by atoms with Gasteiger partial charge in [-0.2, -0.15) is 18.3 Å². The Hall–Kier alpha value is -3.19. The molecule has 0 aromatic carbocycles. The second kappa shape index (κ2) is 10.0. The lowest BCUT2D eigenvalue weighted by atomic mass is 9.85. The number of carbonyl (C=O) groups excluding carboxylic acids is 1. The first-order valence-electron chi connectivity index (χ1n) is 13.8. The maximum atomic E-state index is 13.4. The summed E-state index contributed by atoms with van der Waals surface area (Å²) >= 11 is 0. The molecule has 3 aromatic heterocycles. The minimum atomic E-state index is -4.50. The predicted molar refractivity (Wildman–Crippen MR) is 140 cm³/mol. The van der Waals surface area contributed by atoms with Crippen LogP contribution in [0.1, 0.15) is 63.1 Å². The fraction of sp³-hybridized carbons (Fsp3) is 0.630. The number of alkyl halides is 3. The molecule has 1 saturated heterocycles. The van der Waals surface area contributed by atoms with Crippen LogP contribution in [0.3, 0.4) is 0 Å². The summed E-state index contributed by atoms with van der Waals surface area (Å²) in [6.07, 6.45) is 3.52. The Kier molecular flexibility index (Phi) is 6.76. The van der Waals surface area contributed by atoms with E-state index in [0.717, 1.165) is 48.0 Å². The number of aliphatic hydroxyl groups excluding tert-OH is 1. The van der Waals surface area contributed by atoms with Crippen LogP contribution in [0.4, 0.5) is 19.1 Å². The standard InChI is InChI=1S/C27H34F3N7O3/c1-16(15-40-2)33-25-31-11-23-21(9-22(37(23)34-25)17-3-5-20(38)6-4-17)18-10-32-36(12-18)19-13-35(14-19)24(39)26(7-8-26)27(28,29)30/h9-12,16-17,19-20,38H,3-8,13-15H2,1-2H3,(H,33,34)/t16-,17-,20-/m0/s1. The number of anilines is 1. The Morgan fingerprint density at radius 2 is 1.95 bits per heavy atom. The summed E-state index contributed by atoms with van der Waals surface area (Å²) in [5.74, 6) is -0.0994. The Balaban J connectivity index is 1.24. The van der Waals surface area contributed by atoms with Crippen molar-refractivity contribution in [2.75, 3.05) is 32.1 Å². The Morgan fingerprint density at radius 3 is 2.60 bits per heavy atom. The van der Waals surface area contributed by atoms with Crippen molar-refractivity contribution in [3.8, 4) is 11.1 Å². The van der Waals surface area contributed by atoms with Crippen molar-refractivity contribution in [2.45, 2.75) is 75.7 Å². The van der Waals surface area contributed by atoms with E-state index in [2.05, 4.69) is 21.5 Å². The van der Waals surface area contributed by atoms with Gasteiger partial charge in [0.05, 0.1) is 36.7 Å². The molecular weight excluding hydrogens is 527 g/mol. The Morgan fingerprint density at radius 1 is 1.23 bits per heavy atom. The van der Waals surface area contributed by atoms with Gasteiger partial charge in [-0.05, 0) is 51.5 Å². The molecule has 0 radical (unpaired) electrons. The van der Waals surface area contributed by atoms with Gasteiger partial charge >= 0.3 is 6.18 Å². The molecule has 1 amide bonds. The van der Waals surface area contributed by atoms with Gasteiger partial charge in [0.1, 0.15) is 5.41 Å². The highest BCUT2D eigenvalue weighted by Crippen LogP contribution is 2.59. The summed E-state index contributed by atoms with van der Waals surface area (Å²) in [4.78, 5) is 18.4. The lowest BCUT2D eigenvalue weighted by Crippen LogP contribution is -2.55. The molecule has 6 rings (SSSR count). The number of rotatable bonds is 8. The van der Waals surface area contributed by atoms with Crippen molar-refractivity contribution >= 4 is 17.4 Å². The van der Waals surface area contributed by atoms with E-state index in [0.29, 0.717) is 12.6 Å². The van der Waals surface area contributed by atoms with Crippen LogP contribution in [0.2, 0.25) is 0 Å². The van der Waals surface area contributed by atoms with Crippen molar-refractivity contribution in [3.63, 3.8) is 0 Å². The summed E-state index contributed by atoms with van der Waals surface area (Å²) in [5, 5.41) is 22.6. The molecule has 13 heteroatoms. The van der Waals surface area contributed by atoms with E-state index in [1.54, 1.807) is 24.2 Å². The zero-order valence-corrected chi connectivity index (χ0v) is 22.6. The molecule has 2 aliphatic carbocycles. The Bertz CT molecular complexity index is 1390. The van der Waals surface area contributed by atoms with Crippen molar-refractivity contribution in [2.24, 2.45) is 5.41 Å². The first-order chi connectivity index (χ1) is 19.1. The normalized spacial score (nSPS) is 23.7. The van der Waals surface area contributed by atoms with E-state index in [9.17, 15) is 23.1 Å². The second-order valence-electron chi connectivity index (χ2n) is 11.5. The van der Waals surface area contributed by atoms with E-state index in [4.69, 9.17) is 9.84 Å². The zero-order chi connectivity index (χ0) is 28.2. The molecular formula is C27H34F3N7O3. The molecule has 10 nitrogen and oxygen atoms in total. The third kappa shape index (κ3) is 4.72. The molecule has 2 N–H and O–H groups in total. The summed E-state index contributed by atoms with van der Waals surface area (Å²) in [5.41, 5.74) is 1.42. The van der Waals surface area contributed by atoms with Crippen molar-refractivity contribution in [1.29, 1.82) is 0 Å². The van der Waals surface area contributed by atoms with Crippen LogP contribution in [0.25, 0.3) is 16.6 Å². The van der Waals surface area contributed by atoms with E-state index in [1.807, 2.05) is 17.6 Å². The molecule has 1 aliphatic heterocycles. The first kappa shape index (κ1) is 27.0. The molecule has 4 heterocycles. The SMILES string of the molecule is COC[C@H](C)Nc1ncc2c(-c3cnn(C4CN(C(=O)C5(C(F)(F)F)CC5)C4)c3)cc([C@H]3CC[C@H](O)CC3)n2n1. The molecule has 3 fully saturated rings.